The fourth-order valence-electron chi connectivity index (χ4n) is 5.11. The number of aromatic nitrogens is 1. The molecule has 2 saturated heterocycles. The van der Waals surface area contributed by atoms with Crippen LogP contribution in [0.25, 0.3) is 0 Å². The highest BCUT2D eigenvalue weighted by Gasteiger charge is 2.40. The lowest BCUT2D eigenvalue weighted by atomic mass is 10.0. The minimum absolute atomic E-state index is 0.0182. The number of carbonyl (C=O) groups excluding carboxylic acids is 1. The molecule has 36 heavy (non-hydrogen) atoms. The molecule has 2 aliphatic heterocycles. The number of pyridine rings is 1. The summed E-state index contributed by atoms with van der Waals surface area (Å²) in [7, 11) is -7.35. The zero-order valence-electron chi connectivity index (χ0n) is 21.4. The fraction of sp³-hybridized carbons (Fsp3) is 0.520. The second-order valence-corrected chi connectivity index (χ2v) is 14.0. The van der Waals surface area contributed by atoms with Crippen LogP contribution in [0.4, 0.5) is 11.5 Å². The average molecular weight is 535 g/mol. The second kappa shape index (κ2) is 9.66. The number of carbonyl (C=O) groups is 1. The van der Waals surface area contributed by atoms with Crippen LogP contribution in [-0.2, 0) is 19.9 Å². The molecule has 0 saturated carbocycles. The first-order valence-corrected chi connectivity index (χ1v) is 15.6. The van der Waals surface area contributed by atoms with Gasteiger partial charge in [-0.05, 0) is 55.5 Å². The van der Waals surface area contributed by atoms with E-state index in [2.05, 4.69) is 16.0 Å². The van der Waals surface area contributed by atoms with Crippen molar-refractivity contribution in [2.24, 2.45) is 5.92 Å². The van der Waals surface area contributed by atoms with Gasteiger partial charge < -0.3 is 9.80 Å². The Balaban J connectivity index is 1.61. The summed E-state index contributed by atoms with van der Waals surface area (Å²) in [6, 6.07) is 6.17. The third-order valence-corrected chi connectivity index (χ3v) is 9.91. The number of sulfone groups is 1. The highest BCUT2D eigenvalue weighted by Crippen LogP contribution is 2.35. The standard InChI is InChI=1S/C25H34N4O5S2/c1-17(2)22-8-13-36(33,34)29(22)20-6-7-21(23(15-20)35(5,31)32)25(30)28-11-9-27(10-12-28)24-19(4)14-18(3)16-26-24/h6-7,14-17,22H,8-13H2,1-5H3/t22-/m0/s1. The van der Waals surface area contributed by atoms with Crippen LogP contribution in [0, 0.1) is 19.8 Å². The van der Waals surface area contributed by atoms with E-state index in [1.165, 1.54) is 16.4 Å². The van der Waals surface area contributed by atoms with Crippen molar-refractivity contribution >= 4 is 37.3 Å². The zero-order valence-corrected chi connectivity index (χ0v) is 23.1. The molecule has 1 amide bonds. The van der Waals surface area contributed by atoms with Crippen LogP contribution in [0.15, 0.2) is 35.4 Å². The summed E-state index contributed by atoms with van der Waals surface area (Å²) in [5, 5.41) is 0. The van der Waals surface area contributed by atoms with Gasteiger partial charge in [0.1, 0.15) is 5.82 Å². The minimum atomic E-state index is -3.80. The predicted molar refractivity (Wildman–Crippen MR) is 141 cm³/mol. The molecule has 4 rings (SSSR count). The molecule has 2 aromatic rings. The summed E-state index contributed by atoms with van der Waals surface area (Å²) < 4.78 is 52.4. The van der Waals surface area contributed by atoms with Gasteiger partial charge >= 0.3 is 0 Å². The van der Waals surface area contributed by atoms with Gasteiger partial charge in [0.15, 0.2) is 9.84 Å². The molecule has 9 nitrogen and oxygen atoms in total. The maximum Gasteiger partial charge on any atom is 0.255 e. The first kappa shape index (κ1) is 26.4. The van der Waals surface area contributed by atoms with E-state index in [4.69, 9.17) is 0 Å². The molecular formula is C25H34N4O5S2. The Kier molecular flexibility index (Phi) is 7.09. The van der Waals surface area contributed by atoms with Crippen LogP contribution in [-0.4, -0.2) is 76.9 Å². The first-order chi connectivity index (χ1) is 16.8. The Bertz CT molecular complexity index is 1380. The smallest absolute Gasteiger partial charge is 0.255 e. The number of rotatable bonds is 5. The molecule has 0 spiro atoms. The maximum absolute atomic E-state index is 13.4. The van der Waals surface area contributed by atoms with Crippen molar-refractivity contribution in [2.75, 3.05) is 47.4 Å². The van der Waals surface area contributed by atoms with E-state index in [0.29, 0.717) is 32.6 Å². The number of sulfonamides is 1. The third kappa shape index (κ3) is 5.08. The van der Waals surface area contributed by atoms with Gasteiger partial charge in [-0.15, -0.1) is 0 Å². The lowest BCUT2D eigenvalue weighted by Crippen LogP contribution is -2.49. The average Bonchev–Trinajstić information content (AvgIpc) is 3.13. The van der Waals surface area contributed by atoms with Gasteiger partial charge in [-0.2, -0.15) is 0 Å². The number of nitrogens with zero attached hydrogens (tertiary/aromatic N) is 4. The quantitative estimate of drug-likeness (QED) is 0.580. The van der Waals surface area contributed by atoms with Crippen molar-refractivity contribution < 1.29 is 21.6 Å². The van der Waals surface area contributed by atoms with Crippen LogP contribution in [0.3, 0.4) is 0 Å². The molecule has 0 aliphatic carbocycles. The zero-order chi connectivity index (χ0) is 26.4. The maximum atomic E-state index is 13.4. The van der Waals surface area contributed by atoms with Gasteiger partial charge in [-0.1, -0.05) is 19.9 Å². The van der Waals surface area contributed by atoms with Gasteiger partial charge in [0.05, 0.1) is 21.9 Å². The number of benzene rings is 1. The summed E-state index contributed by atoms with van der Waals surface area (Å²) in [4.78, 5) is 21.6. The SMILES string of the molecule is Cc1cnc(N2CCN(C(=O)c3ccc(N4[C@H](C(C)C)CCS4(=O)=O)cc3S(C)(=O)=O)CC2)c(C)c1. The van der Waals surface area contributed by atoms with Crippen LogP contribution < -0.4 is 9.21 Å². The Morgan fingerprint density at radius 2 is 1.75 bits per heavy atom. The van der Waals surface area contributed by atoms with Gasteiger partial charge in [0, 0.05) is 44.7 Å². The molecule has 2 fully saturated rings. The molecule has 3 heterocycles. The topological polar surface area (TPSA) is 108 Å². The monoisotopic (exact) mass is 534 g/mol. The van der Waals surface area contributed by atoms with Crippen LogP contribution in [0.5, 0.6) is 0 Å². The van der Waals surface area contributed by atoms with E-state index in [0.717, 1.165) is 23.2 Å². The van der Waals surface area contributed by atoms with Gasteiger partial charge in [-0.25, -0.2) is 21.8 Å². The molecule has 2 aliphatic rings. The summed E-state index contributed by atoms with van der Waals surface area (Å²) >= 11 is 0. The number of piperazine rings is 1. The Morgan fingerprint density at radius 3 is 2.33 bits per heavy atom. The number of aryl methyl sites for hydroxylation is 2. The van der Waals surface area contributed by atoms with E-state index in [9.17, 15) is 21.6 Å². The molecule has 1 atom stereocenters. The van der Waals surface area contributed by atoms with E-state index in [1.807, 2.05) is 33.9 Å². The predicted octanol–water partition coefficient (Wildman–Crippen LogP) is 2.63. The number of hydrogen-bond acceptors (Lipinski definition) is 7. The number of hydrogen-bond donors (Lipinski definition) is 0. The molecule has 1 aromatic heterocycles. The molecule has 196 valence electrons. The third-order valence-electron chi connectivity index (χ3n) is 6.95. The van der Waals surface area contributed by atoms with Crippen molar-refractivity contribution in [1.29, 1.82) is 0 Å². The highest BCUT2D eigenvalue weighted by atomic mass is 32.2. The molecule has 11 heteroatoms. The molecular weight excluding hydrogens is 500 g/mol. The highest BCUT2D eigenvalue weighted by molar-refractivity contribution is 7.93. The lowest BCUT2D eigenvalue weighted by Gasteiger charge is -2.36. The van der Waals surface area contributed by atoms with E-state index in [1.54, 1.807) is 11.0 Å². The lowest BCUT2D eigenvalue weighted by molar-refractivity contribution is 0.0742. The molecule has 0 unspecified atom stereocenters. The molecule has 0 radical (unpaired) electrons. The van der Waals surface area contributed by atoms with Gasteiger partial charge in [0.2, 0.25) is 10.0 Å². The van der Waals surface area contributed by atoms with Crippen molar-refractivity contribution in [1.82, 2.24) is 9.88 Å². The Labute approximate surface area is 214 Å². The summed E-state index contributed by atoms with van der Waals surface area (Å²) in [5.41, 5.74) is 2.51. The first-order valence-electron chi connectivity index (χ1n) is 12.1. The second-order valence-electron chi connectivity index (χ2n) is 10.1. The normalized spacial score (nSPS) is 20.3. The van der Waals surface area contributed by atoms with Crippen LogP contribution in [0.1, 0.15) is 41.8 Å². The van der Waals surface area contributed by atoms with E-state index >= 15 is 0 Å². The Hall–Kier alpha value is -2.66. The summed E-state index contributed by atoms with van der Waals surface area (Å²) in [6.07, 6.45) is 3.35. The van der Waals surface area contributed by atoms with Crippen molar-refractivity contribution in [2.45, 2.75) is 45.1 Å². The van der Waals surface area contributed by atoms with Crippen LogP contribution in [0.2, 0.25) is 0 Å². The summed E-state index contributed by atoms with van der Waals surface area (Å²) in [5.74, 6) is 0.596. The van der Waals surface area contributed by atoms with Gasteiger partial charge in [0.25, 0.3) is 5.91 Å². The molecule has 0 bridgehead atoms. The number of anilines is 2. The van der Waals surface area contributed by atoms with E-state index in [-0.39, 0.29) is 39.8 Å². The van der Waals surface area contributed by atoms with Crippen molar-refractivity contribution in [3.8, 4) is 0 Å². The fourth-order valence-corrected chi connectivity index (χ4v) is 7.93. The minimum Gasteiger partial charge on any atom is -0.353 e. The Morgan fingerprint density at radius 1 is 1.08 bits per heavy atom. The van der Waals surface area contributed by atoms with E-state index < -0.39 is 19.9 Å². The van der Waals surface area contributed by atoms with Crippen molar-refractivity contribution in [3.05, 3.63) is 47.2 Å². The molecule has 1 aromatic carbocycles. The summed E-state index contributed by atoms with van der Waals surface area (Å²) in [6.45, 7) is 9.91. The van der Waals surface area contributed by atoms with Crippen LogP contribution >= 0.6 is 0 Å². The number of amides is 1. The largest absolute Gasteiger partial charge is 0.353 e. The van der Waals surface area contributed by atoms with Gasteiger partial charge in [-0.3, -0.25) is 9.10 Å². The van der Waals surface area contributed by atoms with Crippen molar-refractivity contribution in [3.63, 3.8) is 0 Å². The molecule has 0 N–H and O–H groups in total.